The maximum Gasteiger partial charge on any atom is 0.253 e. The molecule has 0 bridgehead atoms. The maximum absolute atomic E-state index is 12.9. The number of amides is 1. The standard InChI is InChI=1S/C25H27N4O2/c1-27-22-11-10-19(25(30)28-12-6-3-7-13-28)16-20(22)26-24(27)23-17-18-8-4-5-9-21(18)29(23)14-15-31-2/h4-6,8-11,16-17H,3,7,12-15H2,1-2H3. The summed E-state index contributed by atoms with van der Waals surface area (Å²) in [5.41, 5.74) is 4.77. The van der Waals surface area contributed by atoms with E-state index in [1.807, 2.05) is 30.1 Å². The molecule has 0 atom stereocenters. The molecule has 3 heterocycles. The van der Waals surface area contributed by atoms with E-state index in [1.165, 1.54) is 10.9 Å². The zero-order valence-electron chi connectivity index (χ0n) is 18.0. The molecule has 0 saturated carbocycles. The van der Waals surface area contributed by atoms with Gasteiger partial charge in [-0.25, -0.2) is 4.98 Å². The summed E-state index contributed by atoms with van der Waals surface area (Å²) >= 11 is 0. The van der Waals surface area contributed by atoms with Crippen molar-refractivity contribution in [3.63, 3.8) is 0 Å². The molecule has 5 rings (SSSR count). The summed E-state index contributed by atoms with van der Waals surface area (Å²) in [4.78, 5) is 19.8. The van der Waals surface area contributed by atoms with Crippen molar-refractivity contribution in [2.24, 2.45) is 7.05 Å². The number of benzene rings is 2. The highest BCUT2D eigenvalue weighted by Crippen LogP contribution is 2.30. The van der Waals surface area contributed by atoms with Gasteiger partial charge in [0.1, 0.15) is 0 Å². The molecule has 1 amide bonds. The summed E-state index contributed by atoms with van der Waals surface area (Å²) in [5, 5.41) is 1.18. The van der Waals surface area contributed by atoms with Gasteiger partial charge in [0.25, 0.3) is 5.91 Å². The molecule has 2 aromatic heterocycles. The Hall–Kier alpha value is -3.12. The van der Waals surface area contributed by atoms with Crippen LogP contribution in [0.5, 0.6) is 0 Å². The van der Waals surface area contributed by atoms with E-state index in [2.05, 4.69) is 45.9 Å². The monoisotopic (exact) mass is 415 g/mol. The normalized spacial score (nSPS) is 14.6. The Labute approximate surface area is 182 Å². The number of piperidine rings is 1. The zero-order chi connectivity index (χ0) is 21.4. The Morgan fingerprint density at radius 1 is 1.13 bits per heavy atom. The molecule has 6 heteroatoms. The maximum atomic E-state index is 12.9. The number of nitrogens with zero attached hydrogens (tertiary/aromatic N) is 4. The van der Waals surface area contributed by atoms with Crippen LogP contribution in [-0.4, -0.2) is 51.7 Å². The molecule has 0 spiro atoms. The molecule has 4 aromatic rings. The first-order valence-corrected chi connectivity index (χ1v) is 10.8. The van der Waals surface area contributed by atoms with Crippen molar-refractivity contribution in [1.82, 2.24) is 19.0 Å². The van der Waals surface area contributed by atoms with Crippen LogP contribution in [0.1, 0.15) is 23.2 Å². The summed E-state index contributed by atoms with van der Waals surface area (Å²) < 4.78 is 9.72. The average Bonchev–Trinajstić information content (AvgIpc) is 3.34. The van der Waals surface area contributed by atoms with Gasteiger partial charge in [0.05, 0.1) is 23.3 Å². The third-order valence-corrected chi connectivity index (χ3v) is 6.16. The summed E-state index contributed by atoms with van der Waals surface area (Å²) in [6.07, 6.45) is 4.30. The van der Waals surface area contributed by atoms with Crippen LogP contribution in [0, 0.1) is 6.42 Å². The molecular formula is C25H27N4O2. The number of ether oxygens (including phenoxy) is 1. The first-order valence-electron chi connectivity index (χ1n) is 10.8. The summed E-state index contributed by atoms with van der Waals surface area (Å²) in [7, 11) is 3.75. The number of carbonyl (C=O) groups is 1. The van der Waals surface area contributed by atoms with Crippen molar-refractivity contribution in [3.8, 4) is 11.5 Å². The topological polar surface area (TPSA) is 52.3 Å². The van der Waals surface area contributed by atoms with Crippen molar-refractivity contribution in [2.45, 2.75) is 19.4 Å². The lowest BCUT2D eigenvalue weighted by Gasteiger charge is -2.26. The van der Waals surface area contributed by atoms with E-state index in [-0.39, 0.29) is 5.91 Å². The van der Waals surface area contributed by atoms with Gasteiger partial charge in [0, 0.05) is 50.3 Å². The molecule has 6 nitrogen and oxygen atoms in total. The number of hydrogen-bond acceptors (Lipinski definition) is 3. The van der Waals surface area contributed by atoms with E-state index in [1.54, 1.807) is 7.11 Å². The molecule has 1 radical (unpaired) electrons. The van der Waals surface area contributed by atoms with Crippen LogP contribution in [0.3, 0.4) is 0 Å². The van der Waals surface area contributed by atoms with Crippen molar-refractivity contribution in [2.75, 3.05) is 26.8 Å². The fraction of sp³-hybridized carbons (Fsp3) is 0.320. The molecule has 0 aliphatic carbocycles. The number of hydrogen-bond donors (Lipinski definition) is 0. The van der Waals surface area contributed by atoms with Crippen LogP contribution in [0.4, 0.5) is 0 Å². The van der Waals surface area contributed by atoms with Gasteiger partial charge in [0.2, 0.25) is 0 Å². The van der Waals surface area contributed by atoms with Gasteiger partial charge >= 0.3 is 0 Å². The number of aryl methyl sites for hydroxylation is 1. The average molecular weight is 416 g/mol. The van der Waals surface area contributed by atoms with E-state index in [4.69, 9.17) is 9.72 Å². The molecule has 0 N–H and O–H groups in total. The molecule has 1 aliphatic heterocycles. The Kier molecular flexibility index (Phi) is 5.24. The van der Waals surface area contributed by atoms with E-state index in [9.17, 15) is 4.79 Å². The second-order valence-corrected chi connectivity index (χ2v) is 8.11. The van der Waals surface area contributed by atoms with Crippen LogP contribution in [0.15, 0.2) is 48.5 Å². The van der Waals surface area contributed by atoms with Crippen molar-refractivity contribution < 1.29 is 9.53 Å². The lowest BCUT2D eigenvalue weighted by molar-refractivity contribution is 0.0750. The van der Waals surface area contributed by atoms with Crippen LogP contribution in [0.25, 0.3) is 33.5 Å². The van der Waals surface area contributed by atoms with Crippen LogP contribution in [0.2, 0.25) is 0 Å². The predicted molar refractivity (Wildman–Crippen MR) is 123 cm³/mol. The first-order chi connectivity index (χ1) is 15.2. The van der Waals surface area contributed by atoms with Gasteiger partial charge in [-0.1, -0.05) is 18.2 Å². The third kappa shape index (κ3) is 3.51. The van der Waals surface area contributed by atoms with Gasteiger partial charge < -0.3 is 18.8 Å². The highest BCUT2D eigenvalue weighted by Gasteiger charge is 2.21. The minimum atomic E-state index is 0.0826. The molecular weight excluding hydrogens is 388 g/mol. The van der Waals surface area contributed by atoms with E-state index in [0.717, 1.165) is 55.0 Å². The highest BCUT2D eigenvalue weighted by molar-refractivity contribution is 5.98. The number of aromatic nitrogens is 3. The van der Waals surface area contributed by atoms with Crippen LogP contribution >= 0.6 is 0 Å². The van der Waals surface area contributed by atoms with Gasteiger partial charge in [-0.3, -0.25) is 4.79 Å². The number of imidazole rings is 1. The fourth-order valence-electron chi connectivity index (χ4n) is 4.51. The molecule has 1 aliphatic rings. The van der Waals surface area contributed by atoms with E-state index in [0.29, 0.717) is 12.2 Å². The van der Waals surface area contributed by atoms with Gasteiger partial charge in [-0.15, -0.1) is 0 Å². The van der Waals surface area contributed by atoms with Crippen LogP contribution < -0.4 is 0 Å². The van der Waals surface area contributed by atoms with Gasteiger partial charge in [0.15, 0.2) is 5.82 Å². The smallest absolute Gasteiger partial charge is 0.253 e. The molecule has 0 unspecified atom stereocenters. The predicted octanol–water partition coefficient (Wildman–Crippen LogP) is 4.28. The lowest BCUT2D eigenvalue weighted by Crippen LogP contribution is -2.35. The van der Waals surface area contributed by atoms with Crippen molar-refractivity contribution in [1.29, 1.82) is 0 Å². The molecule has 1 saturated heterocycles. The van der Waals surface area contributed by atoms with E-state index >= 15 is 0 Å². The number of fused-ring (bicyclic) bond motifs is 2. The first kappa shape index (κ1) is 19.8. The second-order valence-electron chi connectivity index (χ2n) is 8.11. The Balaban J connectivity index is 1.58. The molecule has 159 valence electrons. The Morgan fingerprint density at radius 2 is 2.00 bits per heavy atom. The SMILES string of the molecule is COCCn1c(-c2nc3cc(C(=O)N4C[CH]CCC4)ccc3n2C)cc2ccccc21. The fourth-order valence-corrected chi connectivity index (χ4v) is 4.51. The summed E-state index contributed by atoms with van der Waals surface area (Å²) in [6, 6.07) is 16.4. The number of para-hydroxylation sites is 1. The minimum absolute atomic E-state index is 0.0826. The quantitative estimate of drug-likeness (QED) is 0.489. The largest absolute Gasteiger partial charge is 0.383 e. The Bertz CT molecular complexity index is 1250. The number of rotatable bonds is 5. The third-order valence-electron chi connectivity index (χ3n) is 6.16. The van der Waals surface area contributed by atoms with Crippen LogP contribution in [-0.2, 0) is 18.3 Å². The molecule has 1 fully saturated rings. The van der Waals surface area contributed by atoms with Gasteiger partial charge in [-0.2, -0.15) is 0 Å². The highest BCUT2D eigenvalue weighted by atomic mass is 16.5. The number of likely N-dealkylation sites (tertiary alicyclic amines) is 1. The molecule has 2 aromatic carbocycles. The van der Waals surface area contributed by atoms with Gasteiger partial charge in [-0.05, 0) is 49.6 Å². The van der Waals surface area contributed by atoms with Crippen molar-refractivity contribution >= 4 is 27.8 Å². The number of methoxy groups -OCH3 is 1. The second kappa shape index (κ2) is 8.19. The van der Waals surface area contributed by atoms with E-state index < -0.39 is 0 Å². The Morgan fingerprint density at radius 3 is 2.81 bits per heavy atom. The molecule has 31 heavy (non-hydrogen) atoms. The van der Waals surface area contributed by atoms with Crippen molar-refractivity contribution in [3.05, 3.63) is 60.5 Å². The number of carbonyl (C=O) groups excluding carboxylic acids is 1. The summed E-state index contributed by atoms with van der Waals surface area (Å²) in [6.45, 7) is 2.92. The summed E-state index contributed by atoms with van der Waals surface area (Å²) in [5.74, 6) is 0.970. The zero-order valence-corrected chi connectivity index (χ0v) is 18.0. The minimum Gasteiger partial charge on any atom is -0.383 e. The lowest BCUT2D eigenvalue weighted by atomic mass is 10.1.